The fraction of sp³-hybridized carbons (Fsp3) is 0.0417. The van der Waals surface area contributed by atoms with E-state index in [-0.39, 0.29) is 5.92 Å². The van der Waals surface area contributed by atoms with Crippen LogP contribution in [-0.4, -0.2) is 25.2 Å². The first kappa shape index (κ1) is 31.3. The van der Waals surface area contributed by atoms with Crippen molar-refractivity contribution in [3.8, 4) is 67.5 Å². The van der Waals surface area contributed by atoms with E-state index in [0.29, 0.717) is 22.7 Å². The first-order chi connectivity index (χ1) is 26.3. The second kappa shape index (κ2) is 13.3. The van der Waals surface area contributed by atoms with E-state index in [1.165, 1.54) is 21.6 Å². The van der Waals surface area contributed by atoms with E-state index >= 15 is 0 Å². The summed E-state index contributed by atoms with van der Waals surface area (Å²) < 4.78 is 0. The summed E-state index contributed by atoms with van der Waals surface area (Å²) in [5, 5.41) is 1.44. The summed E-state index contributed by atoms with van der Waals surface area (Å²) in [4.78, 5) is 22.0. The van der Waals surface area contributed by atoms with Crippen molar-refractivity contribution in [1.82, 2.24) is 19.9 Å². The topological polar surface area (TPSA) is 51.6 Å². The summed E-state index contributed by atoms with van der Waals surface area (Å²) >= 11 is 1.91. The van der Waals surface area contributed by atoms with Crippen molar-refractivity contribution in [2.24, 2.45) is 0 Å². The number of hydrogen-bond donors (Lipinski definition) is 0. The lowest BCUT2D eigenvalue weighted by atomic mass is 9.91. The molecule has 8 aromatic rings. The van der Waals surface area contributed by atoms with Crippen LogP contribution in [0.25, 0.3) is 78.4 Å². The monoisotopic (exact) mass is 696 g/mol. The van der Waals surface area contributed by atoms with Crippen LogP contribution < -0.4 is 0 Å². The molecule has 3 heterocycles. The molecule has 250 valence electrons. The number of allylic oxidation sites excluding steroid dienone is 3. The Morgan fingerprint density at radius 3 is 1.53 bits per heavy atom. The van der Waals surface area contributed by atoms with Crippen molar-refractivity contribution in [3.63, 3.8) is 0 Å². The van der Waals surface area contributed by atoms with Gasteiger partial charge in [-0.15, -0.1) is 11.8 Å². The van der Waals surface area contributed by atoms with Crippen LogP contribution >= 0.6 is 11.8 Å². The highest BCUT2D eigenvalue weighted by Gasteiger charge is 2.36. The van der Waals surface area contributed by atoms with Gasteiger partial charge in [0.2, 0.25) is 0 Å². The molecule has 0 N–H and O–H groups in total. The second-order valence-electron chi connectivity index (χ2n) is 13.3. The van der Waals surface area contributed by atoms with E-state index in [0.717, 1.165) is 50.0 Å². The quantitative estimate of drug-likeness (QED) is 0.173. The number of benzene rings is 6. The zero-order chi connectivity index (χ0) is 35.1. The molecular formula is C48H32N4S. The Morgan fingerprint density at radius 1 is 0.396 bits per heavy atom. The lowest BCUT2D eigenvalue weighted by Crippen LogP contribution is -2.08. The maximum absolute atomic E-state index is 5.25. The molecule has 2 unspecified atom stereocenters. The third kappa shape index (κ3) is 5.76. The predicted molar refractivity (Wildman–Crippen MR) is 218 cm³/mol. The van der Waals surface area contributed by atoms with E-state index in [9.17, 15) is 0 Å². The maximum Gasteiger partial charge on any atom is 0.164 e. The normalized spacial score (nSPS) is 15.7. The molecule has 5 heteroatoms. The zero-order valence-corrected chi connectivity index (χ0v) is 29.5. The fourth-order valence-electron chi connectivity index (χ4n) is 7.44. The van der Waals surface area contributed by atoms with Gasteiger partial charge < -0.3 is 0 Å². The van der Waals surface area contributed by atoms with Crippen molar-refractivity contribution >= 4 is 22.7 Å². The molecule has 10 rings (SSSR count). The summed E-state index contributed by atoms with van der Waals surface area (Å²) in [6.45, 7) is 0. The van der Waals surface area contributed by atoms with Crippen molar-refractivity contribution in [2.45, 2.75) is 16.1 Å². The Hall–Kier alpha value is -6.43. The number of pyridine rings is 1. The SMILES string of the molecule is C1=CC2Sc3c(nc4ccccc4c3-c3ccccc3-c3nc(-c4ccc(-c5ccccc5)cc4)nc(-c4ccc(-c5ccccc5)cc4)n3)C2C=C1. The lowest BCUT2D eigenvalue weighted by molar-refractivity contribution is 0.844. The molecule has 0 fully saturated rings. The molecule has 6 aromatic carbocycles. The van der Waals surface area contributed by atoms with E-state index in [1.54, 1.807) is 0 Å². The maximum atomic E-state index is 5.25. The molecule has 0 saturated heterocycles. The summed E-state index contributed by atoms with van der Waals surface area (Å²) in [6, 6.07) is 54.9. The largest absolute Gasteiger partial charge is 0.251 e. The Balaban J connectivity index is 1.15. The third-order valence-corrected chi connectivity index (χ3v) is 11.5. The van der Waals surface area contributed by atoms with Crippen molar-refractivity contribution in [1.29, 1.82) is 0 Å². The van der Waals surface area contributed by atoms with Gasteiger partial charge in [0, 0.05) is 43.7 Å². The van der Waals surface area contributed by atoms with Crippen LogP contribution in [0.5, 0.6) is 0 Å². The number of para-hydroxylation sites is 1. The van der Waals surface area contributed by atoms with Gasteiger partial charge >= 0.3 is 0 Å². The van der Waals surface area contributed by atoms with E-state index in [2.05, 4.69) is 170 Å². The van der Waals surface area contributed by atoms with Crippen LogP contribution in [0.1, 0.15) is 11.6 Å². The Morgan fingerprint density at radius 2 is 0.887 bits per heavy atom. The van der Waals surface area contributed by atoms with Gasteiger partial charge in [0.25, 0.3) is 0 Å². The van der Waals surface area contributed by atoms with Crippen molar-refractivity contribution < 1.29 is 0 Å². The van der Waals surface area contributed by atoms with Crippen LogP contribution in [-0.2, 0) is 0 Å². The number of aromatic nitrogens is 4. The van der Waals surface area contributed by atoms with Crippen LogP contribution in [0.4, 0.5) is 0 Å². The number of hydrogen-bond acceptors (Lipinski definition) is 5. The van der Waals surface area contributed by atoms with Gasteiger partial charge in [-0.25, -0.2) is 15.0 Å². The zero-order valence-electron chi connectivity index (χ0n) is 28.7. The number of nitrogens with zero attached hydrogens (tertiary/aromatic N) is 4. The van der Waals surface area contributed by atoms with Gasteiger partial charge in [-0.1, -0.05) is 176 Å². The minimum Gasteiger partial charge on any atom is -0.251 e. The highest BCUT2D eigenvalue weighted by atomic mass is 32.2. The summed E-state index contributed by atoms with van der Waals surface area (Å²) in [5.41, 5.74) is 11.9. The van der Waals surface area contributed by atoms with E-state index in [1.807, 2.05) is 23.9 Å². The van der Waals surface area contributed by atoms with Gasteiger partial charge in [-0.3, -0.25) is 4.98 Å². The Kier molecular flexibility index (Phi) is 7.85. The smallest absolute Gasteiger partial charge is 0.164 e. The van der Waals surface area contributed by atoms with Gasteiger partial charge in [-0.05, 0) is 33.9 Å². The van der Waals surface area contributed by atoms with Crippen molar-refractivity contribution in [3.05, 3.63) is 188 Å². The Labute approximate surface area is 312 Å². The molecule has 0 amide bonds. The first-order valence-corrected chi connectivity index (χ1v) is 18.8. The van der Waals surface area contributed by atoms with Crippen LogP contribution in [0.2, 0.25) is 0 Å². The highest BCUT2D eigenvalue weighted by molar-refractivity contribution is 8.00. The van der Waals surface area contributed by atoms with Crippen LogP contribution in [0.15, 0.2) is 187 Å². The van der Waals surface area contributed by atoms with Gasteiger partial charge in [0.15, 0.2) is 17.5 Å². The van der Waals surface area contributed by atoms with Crippen LogP contribution in [0.3, 0.4) is 0 Å². The Bertz CT molecular complexity index is 2580. The molecule has 2 aromatic heterocycles. The van der Waals surface area contributed by atoms with Gasteiger partial charge in [0.1, 0.15) is 0 Å². The number of thioether (sulfide) groups is 1. The molecular weight excluding hydrogens is 665 g/mol. The molecule has 4 nitrogen and oxygen atoms in total. The minimum absolute atomic E-state index is 0.239. The average molecular weight is 697 g/mol. The molecule has 2 aliphatic rings. The van der Waals surface area contributed by atoms with Gasteiger partial charge in [0.05, 0.1) is 11.2 Å². The minimum atomic E-state index is 0.239. The molecule has 2 atom stereocenters. The standard InChI is InChI=1S/C48H32N4S/c1-3-13-31(14-4-1)33-23-27-35(28-24-33)46-50-47(36-29-25-34(26-30-36)32-15-5-2-6-16-32)52-48(51-46)38-18-8-7-17-37(38)43-39-19-9-11-21-41(39)49-44-40-20-10-12-22-42(40)53-45(43)44/h1-30,40,42H. The molecule has 0 radical (unpaired) electrons. The van der Waals surface area contributed by atoms with Gasteiger partial charge in [-0.2, -0.15) is 0 Å². The van der Waals surface area contributed by atoms with Crippen molar-refractivity contribution in [2.75, 3.05) is 0 Å². The molecule has 0 bridgehead atoms. The lowest BCUT2D eigenvalue weighted by Gasteiger charge is -2.17. The molecule has 53 heavy (non-hydrogen) atoms. The average Bonchev–Trinajstić information content (AvgIpc) is 3.61. The molecule has 0 spiro atoms. The highest BCUT2D eigenvalue weighted by Crippen LogP contribution is 2.53. The summed E-state index contributed by atoms with van der Waals surface area (Å²) in [7, 11) is 0. The summed E-state index contributed by atoms with van der Waals surface area (Å²) in [5.74, 6) is 2.14. The summed E-state index contributed by atoms with van der Waals surface area (Å²) in [6.07, 6.45) is 8.89. The molecule has 1 aliphatic heterocycles. The first-order valence-electron chi connectivity index (χ1n) is 17.9. The molecule has 1 aliphatic carbocycles. The van der Waals surface area contributed by atoms with E-state index in [4.69, 9.17) is 19.9 Å². The predicted octanol–water partition coefficient (Wildman–Crippen LogP) is 12.1. The van der Waals surface area contributed by atoms with E-state index < -0.39 is 0 Å². The fourth-order valence-corrected chi connectivity index (χ4v) is 8.89. The van der Waals surface area contributed by atoms with Crippen LogP contribution in [0, 0.1) is 0 Å². The number of fused-ring (bicyclic) bond motifs is 4. The molecule has 0 saturated carbocycles. The number of rotatable bonds is 6. The third-order valence-electron chi connectivity index (χ3n) is 10.1. The second-order valence-corrected chi connectivity index (χ2v) is 14.5.